The number of rotatable bonds is 1. The van der Waals surface area contributed by atoms with Gasteiger partial charge in [0.05, 0.1) is 0 Å². The van der Waals surface area contributed by atoms with E-state index in [2.05, 4.69) is 4.94 Å². The van der Waals surface area contributed by atoms with Crippen molar-refractivity contribution in [1.82, 2.24) is 0 Å². The van der Waals surface area contributed by atoms with Gasteiger partial charge in [0.15, 0.2) is 0 Å². The van der Waals surface area contributed by atoms with Gasteiger partial charge in [-0.1, -0.05) is 0 Å². The van der Waals surface area contributed by atoms with Crippen molar-refractivity contribution in [2.75, 3.05) is 0 Å². The number of aliphatic hydroxyl groups excluding tert-OH is 1. The van der Waals surface area contributed by atoms with Crippen LogP contribution in [0.25, 0.3) is 0 Å². The average molecular weight is 161 g/mol. The van der Waals surface area contributed by atoms with E-state index in [0.717, 1.165) is 0 Å². The maximum atomic E-state index is 8.47. The zero-order chi connectivity index (χ0) is 5.11. The first-order valence-electron chi connectivity index (χ1n) is 2.06. The van der Waals surface area contributed by atoms with Crippen LogP contribution in [-0.4, -0.2) is 19.6 Å². The molecular weight excluding hydrogens is 155 g/mol. The van der Waals surface area contributed by atoms with Crippen LogP contribution in [0.4, 0.5) is 0 Å². The molecule has 7 heavy (non-hydrogen) atoms. The summed E-state index contributed by atoms with van der Waals surface area (Å²) in [6, 6.07) is 3.96. The molecule has 0 aliphatic heterocycles. The van der Waals surface area contributed by atoms with E-state index in [0.29, 0.717) is 14.5 Å². The zero-order valence-corrected chi connectivity index (χ0v) is 5.51. The van der Waals surface area contributed by atoms with Crippen molar-refractivity contribution >= 4 is 14.5 Å². The van der Waals surface area contributed by atoms with Crippen molar-refractivity contribution in [1.29, 1.82) is 0 Å². The molecule has 2 heteroatoms. The van der Waals surface area contributed by atoms with Crippen LogP contribution in [0.5, 0.6) is 0 Å². The van der Waals surface area contributed by atoms with Crippen LogP contribution < -0.4 is 0 Å². The van der Waals surface area contributed by atoms with Crippen LogP contribution in [0.1, 0.15) is 4.44 Å². The molecule has 0 unspecified atom stereocenters. The van der Waals surface area contributed by atoms with Gasteiger partial charge in [-0.05, 0) is 0 Å². The molecule has 0 aliphatic rings. The van der Waals surface area contributed by atoms with E-state index in [1.807, 2.05) is 12.1 Å². The van der Waals surface area contributed by atoms with Gasteiger partial charge in [0, 0.05) is 0 Å². The molecule has 0 atom stereocenters. The van der Waals surface area contributed by atoms with Gasteiger partial charge in [0.1, 0.15) is 0 Å². The van der Waals surface area contributed by atoms with E-state index in [1.165, 1.54) is 4.44 Å². The fraction of sp³-hybridized carbons (Fsp3) is 0.200. The molecule has 1 rings (SSSR count). The molecule has 1 N–H and O–H groups in total. The Balaban J connectivity index is 2.76. The molecule has 1 heterocycles. The monoisotopic (exact) mass is 162 g/mol. The van der Waals surface area contributed by atoms with Gasteiger partial charge in [-0.15, -0.1) is 0 Å². The Bertz CT molecular complexity index is 123. The molecule has 0 bridgehead atoms. The first-order valence-corrected chi connectivity index (χ1v) is 3.91. The van der Waals surface area contributed by atoms with Crippen LogP contribution in [0.3, 0.4) is 0 Å². The summed E-state index contributed by atoms with van der Waals surface area (Å²) in [5, 5.41) is 8.47. The molecule has 1 aromatic heterocycles. The van der Waals surface area contributed by atoms with E-state index in [9.17, 15) is 0 Å². The third-order valence-electron chi connectivity index (χ3n) is 0.736. The van der Waals surface area contributed by atoms with E-state index < -0.39 is 0 Å². The summed E-state index contributed by atoms with van der Waals surface area (Å²) in [5.74, 6) is 0. The predicted molar refractivity (Wildman–Crippen MR) is 29.3 cm³/mol. The molecule has 1 nitrogen and oxygen atoms in total. The topological polar surface area (TPSA) is 20.2 Å². The third kappa shape index (κ3) is 1.16. The van der Waals surface area contributed by atoms with Crippen LogP contribution in [0.2, 0.25) is 0 Å². The second-order valence-corrected chi connectivity index (χ2v) is 3.40. The molecule has 38 valence electrons. The fourth-order valence-corrected chi connectivity index (χ4v) is 1.59. The van der Waals surface area contributed by atoms with E-state index in [1.54, 1.807) is 0 Å². The summed E-state index contributed by atoms with van der Waals surface area (Å²) >= 11 is 0.467. The SMILES string of the molecule is OCc1ccc[se]1. The quantitative estimate of drug-likeness (QED) is 0.585. The van der Waals surface area contributed by atoms with Gasteiger partial charge in [-0.3, -0.25) is 0 Å². The molecule has 0 spiro atoms. The van der Waals surface area contributed by atoms with Gasteiger partial charge < -0.3 is 0 Å². The van der Waals surface area contributed by atoms with E-state index in [4.69, 9.17) is 5.11 Å². The van der Waals surface area contributed by atoms with E-state index in [-0.39, 0.29) is 6.61 Å². The van der Waals surface area contributed by atoms with E-state index >= 15 is 0 Å². The molecule has 0 aliphatic carbocycles. The van der Waals surface area contributed by atoms with Crippen molar-refractivity contribution in [3.8, 4) is 0 Å². The average Bonchev–Trinajstić information content (AvgIpc) is 2.14. The van der Waals surface area contributed by atoms with Crippen molar-refractivity contribution < 1.29 is 5.11 Å². The van der Waals surface area contributed by atoms with Crippen molar-refractivity contribution in [3.05, 3.63) is 21.5 Å². The first kappa shape index (κ1) is 5.10. The predicted octanol–water partition coefficient (Wildman–Crippen LogP) is 0.236. The summed E-state index contributed by atoms with van der Waals surface area (Å²) in [7, 11) is 0. The van der Waals surface area contributed by atoms with Gasteiger partial charge in [-0.2, -0.15) is 0 Å². The number of hydrogen-bond donors (Lipinski definition) is 1. The van der Waals surface area contributed by atoms with Crippen molar-refractivity contribution in [2.45, 2.75) is 6.61 Å². The molecule has 1 aromatic rings. The summed E-state index contributed by atoms with van der Waals surface area (Å²) in [6.45, 7) is 0.243. The van der Waals surface area contributed by atoms with Crippen LogP contribution >= 0.6 is 0 Å². The molecule has 0 fully saturated rings. The van der Waals surface area contributed by atoms with Gasteiger partial charge in [0.25, 0.3) is 0 Å². The van der Waals surface area contributed by atoms with Gasteiger partial charge in [0.2, 0.25) is 0 Å². The molecule has 0 radical (unpaired) electrons. The minimum absolute atomic E-state index is 0.243. The summed E-state index contributed by atoms with van der Waals surface area (Å²) in [6.07, 6.45) is 0. The second-order valence-electron chi connectivity index (χ2n) is 1.24. The van der Waals surface area contributed by atoms with Gasteiger partial charge >= 0.3 is 47.7 Å². The van der Waals surface area contributed by atoms with Crippen LogP contribution in [0, 0.1) is 0 Å². The Morgan fingerprint density at radius 1 is 1.71 bits per heavy atom. The summed E-state index contributed by atoms with van der Waals surface area (Å²) in [4.78, 5) is 2.10. The van der Waals surface area contributed by atoms with Crippen LogP contribution in [-0.2, 0) is 6.61 Å². The normalized spacial score (nSPS) is 9.29. The zero-order valence-electron chi connectivity index (χ0n) is 3.79. The Hall–Kier alpha value is -0.0405. The number of aliphatic hydroxyl groups is 1. The Labute approximate surface area is 48.3 Å². The minimum atomic E-state index is 0.243. The summed E-state index contributed by atoms with van der Waals surface area (Å²) in [5.41, 5.74) is 0. The Kier molecular flexibility index (Phi) is 1.69. The molecule has 0 saturated heterocycles. The second kappa shape index (κ2) is 2.31. The molecular formula is C5H6OSe. The van der Waals surface area contributed by atoms with Crippen molar-refractivity contribution in [2.24, 2.45) is 0 Å². The maximum absolute atomic E-state index is 8.47. The third-order valence-corrected chi connectivity index (χ3v) is 2.54. The number of hydrogen-bond acceptors (Lipinski definition) is 1. The first-order chi connectivity index (χ1) is 3.43. The Morgan fingerprint density at radius 3 is 2.86 bits per heavy atom. The van der Waals surface area contributed by atoms with Crippen LogP contribution in [0.15, 0.2) is 17.1 Å². The Morgan fingerprint density at radius 2 is 2.57 bits per heavy atom. The summed E-state index contributed by atoms with van der Waals surface area (Å²) < 4.78 is 1.17. The standard InChI is InChI=1S/C5H6OSe/c6-4-5-2-1-3-7-5/h1-3,6H,4H2. The van der Waals surface area contributed by atoms with Crippen molar-refractivity contribution in [3.63, 3.8) is 0 Å². The molecule has 0 saturated carbocycles. The molecule has 0 aromatic carbocycles. The molecule has 0 amide bonds. The fourth-order valence-electron chi connectivity index (χ4n) is 0.403. The van der Waals surface area contributed by atoms with Gasteiger partial charge in [-0.25, -0.2) is 0 Å².